The Morgan fingerprint density at radius 3 is 2.75 bits per heavy atom. The van der Waals surface area contributed by atoms with E-state index in [1.165, 1.54) is 12.8 Å². The van der Waals surface area contributed by atoms with E-state index in [4.69, 9.17) is 5.73 Å². The Morgan fingerprint density at radius 1 is 1.75 bits per heavy atom. The Labute approximate surface area is 50.4 Å². The summed E-state index contributed by atoms with van der Waals surface area (Å²) in [5, 5.41) is 3.20. The second kappa shape index (κ2) is 2.46. The number of rotatable bonds is 1. The molecule has 0 aliphatic carbocycles. The lowest BCUT2D eigenvalue weighted by molar-refractivity contribution is 0.447. The lowest BCUT2D eigenvalue weighted by Crippen LogP contribution is -2.35. The zero-order valence-corrected chi connectivity index (χ0v) is 5.35. The molecule has 1 fully saturated rings. The van der Waals surface area contributed by atoms with Gasteiger partial charge in [0.1, 0.15) is 0 Å². The van der Waals surface area contributed by atoms with Crippen LogP contribution in [-0.2, 0) is 0 Å². The van der Waals surface area contributed by atoms with Gasteiger partial charge in [-0.25, -0.2) is 0 Å². The Kier molecular flexibility index (Phi) is 1.86. The van der Waals surface area contributed by atoms with Crippen LogP contribution in [0, 0.1) is 5.92 Å². The molecule has 48 valence electrons. The molecule has 1 heterocycles. The fourth-order valence-electron chi connectivity index (χ4n) is 1.24. The van der Waals surface area contributed by atoms with Crippen molar-refractivity contribution in [3.63, 3.8) is 0 Å². The van der Waals surface area contributed by atoms with Gasteiger partial charge < -0.3 is 11.1 Å². The molecule has 0 saturated carbocycles. The second-order valence-electron chi connectivity index (χ2n) is 2.44. The van der Waals surface area contributed by atoms with Gasteiger partial charge in [-0.3, -0.25) is 0 Å². The lowest BCUT2D eigenvalue weighted by Gasteiger charge is -2.10. The van der Waals surface area contributed by atoms with E-state index in [0.717, 1.165) is 12.5 Å². The van der Waals surface area contributed by atoms with Gasteiger partial charge in [-0.2, -0.15) is 0 Å². The highest BCUT2D eigenvalue weighted by Crippen LogP contribution is 2.14. The fraction of sp³-hybridized carbons (Fsp3) is 1.00. The average Bonchev–Trinajstić information content (AvgIpc) is 2.14. The molecule has 2 nitrogen and oxygen atoms in total. The van der Waals surface area contributed by atoms with Crippen molar-refractivity contribution in [2.45, 2.75) is 25.9 Å². The minimum Gasteiger partial charge on any atom is -0.316 e. The molecule has 1 aliphatic rings. The van der Waals surface area contributed by atoms with E-state index in [1.54, 1.807) is 0 Å². The molecule has 0 aromatic heterocycles. The Morgan fingerprint density at radius 2 is 2.50 bits per heavy atom. The Bertz CT molecular complexity index is 72.9. The predicted molar refractivity (Wildman–Crippen MR) is 34.4 cm³/mol. The molecule has 0 aromatic carbocycles. The van der Waals surface area contributed by atoms with Gasteiger partial charge in [0.05, 0.1) is 6.17 Å². The van der Waals surface area contributed by atoms with Crippen LogP contribution < -0.4 is 11.1 Å². The van der Waals surface area contributed by atoms with Crippen molar-refractivity contribution in [1.29, 1.82) is 0 Å². The van der Waals surface area contributed by atoms with Crippen LogP contribution in [0.2, 0.25) is 0 Å². The molecular weight excluding hydrogens is 100 g/mol. The number of nitrogens with one attached hydrogen (secondary N) is 1. The third-order valence-electron chi connectivity index (χ3n) is 1.93. The maximum atomic E-state index is 5.68. The van der Waals surface area contributed by atoms with Crippen molar-refractivity contribution < 1.29 is 0 Å². The minimum atomic E-state index is 0.278. The van der Waals surface area contributed by atoms with Crippen LogP contribution in [0.15, 0.2) is 0 Å². The van der Waals surface area contributed by atoms with Crippen LogP contribution in [0.25, 0.3) is 0 Å². The lowest BCUT2D eigenvalue weighted by atomic mass is 10.0. The molecule has 8 heavy (non-hydrogen) atoms. The largest absolute Gasteiger partial charge is 0.316 e. The van der Waals surface area contributed by atoms with Gasteiger partial charge in [0.25, 0.3) is 0 Å². The van der Waals surface area contributed by atoms with E-state index < -0.39 is 0 Å². The monoisotopic (exact) mass is 114 g/mol. The molecule has 2 atom stereocenters. The number of hydrogen-bond acceptors (Lipinski definition) is 2. The second-order valence-corrected chi connectivity index (χ2v) is 2.44. The summed E-state index contributed by atoms with van der Waals surface area (Å²) in [6, 6.07) is 0. The van der Waals surface area contributed by atoms with Crippen molar-refractivity contribution in [1.82, 2.24) is 5.32 Å². The van der Waals surface area contributed by atoms with Crippen LogP contribution in [0.4, 0.5) is 0 Å². The summed E-state index contributed by atoms with van der Waals surface area (Å²) in [6.07, 6.45) is 2.76. The Hall–Kier alpha value is -0.0800. The van der Waals surface area contributed by atoms with Crippen LogP contribution in [0.1, 0.15) is 19.8 Å². The third kappa shape index (κ3) is 1.01. The maximum absolute atomic E-state index is 5.68. The molecule has 0 aromatic rings. The Balaban J connectivity index is 2.30. The first-order valence-corrected chi connectivity index (χ1v) is 3.33. The van der Waals surface area contributed by atoms with E-state index >= 15 is 0 Å². The van der Waals surface area contributed by atoms with Gasteiger partial charge in [0.15, 0.2) is 0 Å². The molecule has 2 heteroatoms. The van der Waals surface area contributed by atoms with E-state index in [0.29, 0.717) is 0 Å². The summed E-state index contributed by atoms with van der Waals surface area (Å²) in [4.78, 5) is 0. The molecule has 3 N–H and O–H groups in total. The summed E-state index contributed by atoms with van der Waals surface area (Å²) in [5.74, 6) is 0.731. The first-order valence-electron chi connectivity index (χ1n) is 3.33. The first kappa shape index (κ1) is 6.05. The van der Waals surface area contributed by atoms with E-state index in [1.807, 2.05) is 0 Å². The highest BCUT2D eigenvalue weighted by molar-refractivity contribution is 4.77. The van der Waals surface area contributed by atoms with Crippen molar-refractivity contribution in [3.8, 4) is 0 Å². The normalized spacial score (nSPS) is 38.2. The van der Waals surface area contributed by atoms with Gasteiger partial charge in [-0.1, -0.05) is 13.3 Å². The van der Waals surface area contributed by atoms with Gasteiger partial charge in [-0.15, -0.1) is 0 Å². The molecule has 0 bridgehead atoms. The summed E-state index contributed by atoms with van der Waals surface area (Å²) in [7, 11) is 0. The molecular formula is C6H14N2. The van der Waals surface area contributed by atoms with Gasteiger partial charge >= 0.3 is 0 Å². The molecule has 1 saturated heterocycles. The van der Waals surface area contributed by atoms with Gasteiger partial charge in [0, 0.05) is 0 Å². The topological polar surface area (TPSA) is 38.0 Å². The zero-order chi connectivity index (χ0) is 5.98. The smallest absolute Gasteiger partial charge is 0.0575 e. The summed E-state index contributed by atoms with van der Waals surface area (Å²) in [6.45, 7) is 3.30. The summed E-state index contributed by atoms with van der Waals surface area (Å²) >= 11 is 0. The third-order valence-corrected chi connectivity index (χ3v) is 1.93. The molecule has 1 rings (SSSR count). The van der Waals surface area contributed by atoms with Crippen LogP contribution in [0.3, 0.4) is 0 Å². The average molecular weight is 114 g/mol. The van der Waals surface area contributed by atoms with E-state index in [2.05, 4.69) is 12.2 Å². The summed E-state index contributed by atoms with van der Waals surface area (Å²) in [5.41, 5.74) is 5.68. The van der Waals surface area contributed by atoms with Crippen molar-refractivity contribution in [2.24, 2.45) is 11.7 Å². The first-order chi connectivity index (χ1) is 3.84. The molecule has 0 amide bonds. The van der Waals surface area contributed by atoms with Crippen LogP contribution in [-0.4, -0.2) is 12.7 Å². The van der Waals surface area contributed by atoms with Crippen molar-refractivity contribution in [2.75, 3.05) is 6.54 Å². The maximum Gasteiger partial charge on any atom is 0.0575 e. The van der Waals surface area contributed by atoms with E-state index in [9.17, 15) is 0 Å². The predicted octanol–water partition coefficient (Wildman–Crippen LogP) is 0.291. The molecule has 0 spiro atoms. The quantitative estimate of drug-likeness (QED) is 0.514. The van der Waals surface area contributed by atoms with Crippen molar-refractivity contribution >= 4 is 0 Å². The van der Waals surface area contributed by atoms with Gasteiger partial charge in [-0.05, 0) is 18.9 Å². The standard InChI is InChI=1S/C6H14N2/c1-2-5-3-4-8-6(5)7/h5-6,8H,2-4,7H2,1H3. The molecule has 0 radical (unpaired) electrons. The highest BCUT2D eigenvalue weighted by Gasteiger charge is 2.20. The van der Waals surface area contributed by atoms with E-state index in [-0.39, 0.29) is 6.17 Å². The van der Waals surface area contributed by atoms with Gasteiger partial charge in [0.2, 0.25) is 0 Å². The SMILES string of the molecule is CCC1CCNC1N. The zero-order valence-electron chi connectivity index (χ0n) is 5.35. The van der Waals surface area contributed by atoms with Crippen molar-refractivity contribution in [3.05, 3.63) is 0 Å². The van der Waals surface area contributed by atoms with Crippen LogP contribution >= 0.6 is 0 Å². The minimum absolute atomic E-state index is 0.278. The molecule has 2 unspecified atom stereocenters. The fourth-order valence-corrected chi connectivity index (χ4v) is 1.24. The number of nitrogens with two attached hydrogens (primary N) is 1. The highest BCUT2D eigenvalue weighted by atomic mass is 15.1. The van der Waals surface area contributed by atoms with Crippen LogP contribution in [0.5, 0.6) is 0 Å². The molecule has 1 aliphatic heterocycles. The number of hydrogen-bond donors (Lipinski definition) is 2. The summed E-state index contributed by atoms with van der Waals surface area (Å²) < 4.78 is 0.